The number of unbranched alkanes of at least 4 members (excludes halogenated alkanes) is 10. The highest BCUT2D eigenvalue weighted by Crippen LogP contribution is 2.29. The molecule has 0 saturated carbocycles. The van der Waals surface area contributed by atoms with Crippen LogP contribution >= 0.6 is 11.6 Å². The van der Waals surface area contributed by atoms with Crippen molar-refractivity contribution < 1.29 is 5.11 Å². The van der Waals surface area contributed by atoms with Crippen LogP contribution in [-0.4, -0.2) is 11.0 Å². The molecule has 0 atom stereocenters. The predicted molar refractivity (Wildman–Crippen MR) is 133 cm³/mol. The summed E-state index contributed by atoms with van der Waals surface area (Å²) in [6, 6.07) is 14.9. The number of hydrogen-bond donors (Lipinski definition) is 1. The highest BCUT2D eigenvalue weighted by atomic mass is 35.5. The molecule has 2 aromatic rings. The molecule has 0 saturated heterocycles. The van der Waals surface area contributed by atoms with Crippen molar-refractivity contribution in [3.8, 4) is 16.9 Å². The Morgan fingerprint density at radius 3 is 1.93 bits per heavy atom. The van der Waals surface area contributed by atoms with Gasteiger partial charge in [0, 0.05) is 5.88 Å². The van der Waals surface area contributed by atoms with E-state index < -0.39 is 0 Å². The summed E-state index contributed by atoms with van der Waals surface area (Å²) >= 11 is 5.75. The summed E-state index contributed by atoms with van der Waals surface area (Å²) in [5.74, 6) is 1.15. The average Bonchev–Trinajstić information content (AvgIpc) is 2.76. The van der Waals surface area contributed by atoms with Crippen LogP contribution in [0.25, 0.3) is 11.1 Å². The second kappa shape index (κ2) is 15.3. The Kier molecular flexibility index (Phi) is 12.7. The number of rotatable bonds is 16. The molecule has 2 aromatic carbocycles. The first kappa shape index (κ1) is 24.8. The Labute approximate surface area is 189 Å². The first-order valence-electron chi connectivity index (χ1n) is 12.2. The van der Waals surface area contributed by atoms with Crippen LogP contribution in [0.2, 0.25) is 0 Å². The van der Waals surface area contributed by atoms with E-state index in [1.165, 1.54) is 99.3 Å². The highest BCUT2D eigenvalue weighted by Gasteiger charge is 2.07. The number of alkyl halides is 1. The van der Waals surface area contributed by atoms with Gasteiger partial charge in [0.25, 0.3) is 0 Å². The van der Waals surface area contributed by atoms with Crippen molar-refractivity contribution in [3.05, 3.63) is 53.6 Å². The van der Waals surface area contributed by atoms with Gasteiger partial charge in [0.1, 0.15) is 5.75 Å². The van der Waals surface area contributed by atoms with Crippen LogP contribution in [0.15, 0.2) is 42.5 Å². The molecule has 0 amide bonds. The maximum atomic E-state index is 9.99. The molecule has 0 aliphatic heterocycles. The van der Waals surface area contributed by atoms with Crippen molar-refractivity contribution >= 4 is 11.6 Å². The van der Waals surface area contributed by atoms with Crippen molar-refractivity contribution in [3.63, 3.8) is 0 Å². The fraction of sp³-hybridized carbons (Fsp3) is 0.571. The van der Waals surface area contributed by atoms with E-state index in [9.17, 15) is 5.11 Å². The molecule has 0 heterocycles. The number of aryl methyl sites for hydroxylation is 2. The number of benzene rings is 2. The predicted octanol–water partition coefficient (Wildman–Crippen LogP) is 9.08. The van der Waals surface area contributed by atoms with Gasteiger partial charge >= 0.3 is 0 Å². The lowest BCUT2D eigenvalue weighted by molar-refractivity contribution is 0.474. The van der Waals surface area contributed by atoms with Crippen molar-refractivity contribution in [1.29, 1.82) is 0 Å². The molecule has 30 heavy (non-hydrogen) atoms. The molecule has 2 rings (SSSR count). The summed E-state index contributed by atoms with van der Waals surface area (Å²) in [7, 11) is 0. The number of halogens is 1. The summed E-state index contributed by atoms with van der Waals surface area (Å²) in [5.41, 5.74) is 5.23. The van der Waals surface area contributed by atoms with Crippen molar-refractivity contribution in [2.24, 2.45) is 0 Å². The van der Waals surface area contributed by atoms with Crippen LogP contribution in [0.4, 0.5) is 0 Å². The molecular formula is C28H41ClO. The zero-order valence-electron chi connectivity index (χ0n) is 19.0. The molecule has 0 aliphatic carbocycles. The molecule has 0 fully saturated rings. The smallest absolute Gasteiger partial charge is 0.115 e. The minimum absolute atomic E-state index is 0.371. The van der Waals surface area contributed by atoms with E-state index >= 15 is 0 Å². The molecule has 1 N–H and O–H groups in total. The third-order valence-electron chi connectivity index (χ3n) is 6.00. The van der Waals surface area contributed by atoms with E-state index in [4.69, 9.17) is 11.6 Å². The second-order valence-corrected chi connectivity index (χ2v) is 8.99. The highest BCUT2D eigenvalue weighted by molar-refractivity contribution is 6.17. The Hall–Kier alpha value is -1.47. The Balaban J connectivity index is 1.85. The minimum Gasteiger partial charge on any atom is -0.508 e. The normalized spacial score (nSPS) is 11.1. The molecule has 0 bridgehead atoms. The van der Waals surface area contributed by atoms with Crippen LogP contribution in [0.5, 0.6) is 5.75 Å². The fourth-order valence-corrected chi connectivity index (χ4v) is 4.34. The summed E-state index contributed by atoms with van der Waals surface area (Å²) in [5, 5.41) is 9.99. The molecule has 0 aromatic heterocycles. The van der Waals surface area contributed by atoms with Gasteiger partial charge in [0.15, 0.2) is 0 Å². The third kappa shape index (κ3) is 9.56. The van der Waals surface area contributed by atoms with Gasteiger partial charge in [0.2, 0.25) is 0 Å². The van der Waals surface area contributed by atoms with Gasteiger partial charge in [-0.05, 0) is 66.5 Å². The fourth-order valence-electron chi connectivity index (χ4n) is 4.15. The number of aromatic hydroxyl groups is 1. The van der Waals surface area contributed by atoms with Crippen molar-refractivity contribution in [2.45, 2.75) is 96.8 Å². The van der Waals surface area contributed by atoms with Crippen LogP contribution in [0.3, 0.4) is 0 Å². The van der Waals surface area contributed by atoms with Crippen molar-refractivity contribution in [2.75, 3.05) is 5.88 Å². The van der Waals surface area contributed by atoms with Gasteiger partial charge in [0.05, 0.1) is 0 Å². The van der Waals surface area contributed by atoms with Crippen LogP contribution in [0.1, 0.15) is 95.1 Å². The summed E-state index contributed by atoms with van der Waals surface area (Å²) in [4.78, 5) is 0. The third-order valence-corrected chi connectivity index (χ3v) is 6.27. The zero-order valence-corrected chi connectivity index (χ0v) is 19.7. The average molecular weight is 429 g/mol. The maximum absolute atomic E-state index is 9.99. The summed E-state index contributed by atoms with van der Waals surface area (Å²) < 4.78 is 0. The van der Waals surface area contributed by atoms with Gasteiger partial charge < -0.3 is 5.11 Å². The molecule has 0 unspecified atom stereocenters. The lowest BCUT2D eigenvalue weighted by atomic mass is 9.94. The van der Waals surface area contributed by atoms with Crippen LogP contribution < -0.4 is 0 Å². The maximum Gasteiger partial charge on any atom is 0.115 e. The van der Waals surface area contributed by atoms with Crippen LogP contribution in [-0.2, 0) is 12.8 Å². The van der Waals surface area contributed by atoms with E-state index in [-0.39, 0.29) is 0 Å². The van der Waals surface area contributed by atoms with Crippen molar-refractivity contribution in [1.82, 2.24) is 0 Å². The molecule has 0 spiro atoms. The first-order valence-corrected chi connectivity index (χ1v) is 12.7. The van der Waals surface area contributed by atoms with E-state index in [0.717, 1.165) is 18.7 Å². The zero-order chi connectivity index (χ0) is 21.4. The van der Waals surface area contributed by atoms with E-state index in [2.05, 4.69) is 37.3 Å². The number of hydrogen-bond acceptors (Lipinski definition) is 1. The van der Waals surface area contributed by atoms with Gasteiger partial charge in [-0.1, -0.05) is 95.0 Å². The Morgan fingerprint density at radius 2 is 1.27 bits per heavy atom. The lowest BCUT2D eigenvalue weighted by Gasteiger charge is -2.12. The monoisotopic (exact) mass is 428 g/mol. The van der Waals surface area contributed by atoms with Gasteiger partial charge in [-0.15, -0.1) is 11.6 Å². The summed E-state index contributed by atoms with van der Waals surface area (Å²) in [6.45, 7) is 2.27. The SMILES string of the molecule is CCCCCCCCc1ccc(-c2ccc(O)cc2CCCCCCCCCl)cc1. The molecule has 0 aliphatic rings. The lowest BCUT2D eigenvalue weighted by Crippen LogP contribution is -1.92. The summed E-state index contributed by atoms with van der Waals surface area (Å²) in [6.07, 6.45) is 17.6. The minimum atomic E-state index is 0.371. The van der Waals surface area contributed by atoms with Gasteiger partial charge in [-0.25, -0.2) is 0 Å². The van der Waals surface area contributed by atoms with Gasteiger partial charge in [-0.3, -0.25) is 0 Å². The largest absolute Gasteiger partial charge is 0.508 e. The molecule has 0 radical (unpaired) electrons. The molecule has 166 valence electrons. The number of phenols is 1. The molecule has 1 nitrogen and oxygen atoms in total. The topological polar surface area (TPSA) is 20.2 Å². The van der Waals surface area contributed by atoms with E-state index in [1.807, 2.05) is 12.1 Å². The van der Waals surface area contributed by atoms with Crippen LogP contribution in [0, 0.1) is 0 Å². The van der Waals surface area contributed by atoms with E-state index in [0.29, 0.717) is 5.75 Å². The van der Waals surface area contributed by atoms with E-state index in [1.54, 1.807) is 0 Å². The quantitative estimate of drug-likeness (QED) is 0.209. The van der Waals surface area contributed by atoms with Gasteiger partial charge in [-0.2, -0.15) is 0 Å². The second-order valence-electron chi connectivity index (χ2n) is 8.62. The standard InChI is InChI=1S/C28H41ClO/c1-2-3-4-5-8-11-14-24-16-18-25(19-17-24)28-21-20-27(30)23-26(28)15-12-9-6-7-10-13-22-29/h16-21,23,30H,2-15,22H2,1H3. The molecule has 2 heteroatoms. The Bertz CT molecular complexity index is 692. The molecular weight excluding hydrogens is 388 g/mol. The first-order chi connectivity index (χ1) is 14.7. The number of phenolic OH excluding ortho intramolecular Hbond substituents is 1. The Morgan fingerprint density at radius 1 is 0.667 bits per heavy atom.